The molecule has 1 N–H and O–H groups in total. The maximum absolute atomic E-state index is 12.7. The minimum atomic E-state index is -3.54. The van der Waals surface area contributed by atoms with Crippen LogP contribution in [0.1, 0.15) is 5.56 Å². The van der Waals surface area contributed by atoms with Crippen LogP contribution in [0.5, 0.6) is 5.75 Å². The summed E-state index contributed by atoms with van der Waals surface area (Å²) < 4.78 is 26.8. The van der Waals surface area contributed by atoms with E-state index in [0.29, 0.717) is 31.7 Å². The molecule has 1 aliphatic rings. The van der Waals surface area contributed by atoms with Crippen molar-refractivity contribution < 1.29 is 13.5 Å². The van der Waals surface area contributed by atoms with Gasteiger partial charge in [0.05, 0.1) is 16.5 Å². The minimum Gasteiger partial charge on any atom is -0.508 e. The number of aromatic hydroxyl groups is 1. The molecule has 2 aromatic carbocycles. The van der Waals surface area contributed by atoms with Gasteiger partial charge in [-0.2, -0.15) is 9.57 Å². The summed E-state index contributed by atoms with van der Waals surface area (Å²) in [4.78, 5) is 2.30. The third-order valence-corrected chi connectivity index (χ3v) is 5.99. The predicted octanol–water partition coefficient (Wildman–Crippen LogP) is 1.77. The lowest BCUT2D eigenvalue weighted by Gasteiger charge is -2.35. The molecular weight excluding hydrogens is 326 g/mol. The van der Waals surface area contributed by atoms with Gasteiger partial charge in [0.1, 0.15) is 5.75 Å². The van der Waals surface area contributed by atoms with Gasteiger partial charge in [-0.05, 0) is 48.5 Å². The van der Waals surface area contributed by atoms with Gasteiger partial charge < -0.3 is 10.0 Å². The highest BCUT2D eigenvalue weighted by Crippen LogP contribution is 2.23. The summed E-state index contributed by atoms with van der Waals surface area (Å²) in [6.45, 7) is 1.95. The van der Waals surface area contributed by atoms with E-state index in [2.05, 4.69) is 4.90 Å². The molecule has 7 heteroatoms. The van der Waals surface area contributed by atoms with Gasteiger partial charge in [0.25, 0.3) is 0 Å². The lowest BCUT2D eigenvalue weighted by atomic mass is 10.2. The number of nitrogens with zero attached hydrogens (tertiary/aromatic N) is 3. The maximum Gasteiger partial charge on any atom is 0.243 e. The summed E-state index contributed by atoms with van der Waals surface area (Å²) in [6.07, 6.45) is 0. The van der Waals surface area contributed by atoms with Crippen molar-refractivity contribution in [3.05, 3.63) is 54.1 Å². The van der Waals surface area contributed by atoms with Crippen LogP contribution < -0.4 is 4.90 Å². The summed E-state index contributed by atoms with van der Waals surface area (Å²) in [5, 5.41) is 18.1. The van der Waals surface area contributed by atoms with Crippen LogP contribution in [0.25, 0.3) is 0 Å². The lowest BCUT2D eigenvalue weighted by molar-refractivity contribution is 0.385. The number of piperazine rings is 1. The SMILES string of the molecule is N#Cc1ccc(S(=O)(=O)N2CCN(c3ccc(O)cc3)CC2)cc1. The predicted molar refractivity (Wildman–Crippen MR) is 90.2 cm³/mol. The Bertz CT molecular complexity index is 847. The van der Waals surface area contributed by atoms with Gasteiger partial charge in [-0.25, -0.2) is 8.42 Å². The van der Waals surface area contributed by atoms with Crippen LogP contribution in [0.3, 0.4) is 0 Å². The average molecular weight is 343 g/mol. The molecule has 3 rings (SSSR count). The van der Waals surface area contributed by atoms with E-state index in [0.717, 1.165) is 5.69 Å². The Morgan fingerprint density at radius 2 is 1.50 bits per heavy atom. The zero-order chi connectivity index (χ0) is 17.2. The van der Waals surface area contributed by atoms with E-state index in [9.17, 15) is 13.5 Å². The Kier molecular flexibility index (Phi) is 4.42. The first kappa shape index (κ1) is 16.3. The van der Waals surface area contributed by atoms with Crippen molar-refractivity contribution in [2.24, 2.45) is 0 Å². The van der Waals surface area contributed by atoms with Crippen LogP contribution >= 0.6 is 0 Å². The summed E-state index contributed by atoms with van der Waals surface area (Å²) in [5.74, 6) is 0.209. The largest absolute Gasteiger partial charge is 0.508 e. The smallest absolute Gasteiger partial charge is 0.243 e. The monoisotopic (exact) mass is 343 g/mol. The van der Waals surface area contributed by atoms with Gasteiger partial charge in [0.2, 0.25) is 10.0 Å². The number of anilines is 1. The molecule has 1 fully saturated rings. The molecule has 0 aromatic heterocycles. The molecule has 0 bridgehead atoms. The summed E-state index contributed by atoms with van der Waals surface area (Å²) in [6, 6.07) is 14.8. The third-order valence-electron chi connectivity index (χ3n) is 4.07. The number of hydrogen-bond donors (Lipinski definition) is 1. The number of sulfonamides is 1. The topological polar surface area (TPSA) is 84.6 Å². The fourth-order valence-electron chi connectivity index (χ4n) is 2.70. The molecule has 0 radical (unpaired) electrons. The molecule has 124 valence electrons. The van der Waals surface area contributed by atoms with Gasteiger partial charge in [0.15, 0.2) is 0 Å². The van der Waals surface area contributed by atoms with E-state index in [-0.39, 0.29) is 10.6 Å². The molecule has 0 atom stereocenters. The molecule has 24 heavy (non-hydrogen) atoms. The number of nitriles is 1. The first-order valence-corrected chi connectivity index (χ1v) is 8.99. The van der Waals surface area contributed by atoms with E-state index in [4.69, 9.17) is 5.26 Å². The molecule has 0 saturated carbocycles. The Hall–Kier alpha value is -2.56. The van der Waals surface area contributed by atoms with Crippen molar-refractivity contribution in [2.75, 3.05) is 31.1 Å². The minimum absolute atomic E-state index is 0.208. The highest BCUT2D eigenvalue weighted by atomic mass is 32.2. The van der Waals surface area contributed by atoms with E-state index in [1.807, 2.05) is 18.2 Å². The average Bonchev–Trinajstić information content (AvgIpc) is 2.62. The summed E-state index contributed by atoms with van der Waals surface area (Å²) in [7, 11) is -3.54. The van der Waals surface area contributed by atoms with Crippen molar-refractivity contribution in [1.82, 2.24) is 4.31 Å². The van der Waals surface area contributed by atoms with E-state index in [1.54, 1.807) is 12.1 Å². The quantitative estimate of drug-likeness (QED) is 0.918. The molecule has 1 heterocycles. The molecule has 6 nitrogen and oxygen atoms in total. The zero-order valence-electron chi connectivity index (χ0n) is 13.0. The number of hydrogen-bond acceptors (Lipinski definition) is 5. The number of phenolic OH excluding ortho intramolecular Hbond substituents is 1. The second kappa shape index (κ2) is 6.51. The maximum atomic E-state index is 12.7. The van der Waals surface area contributed by atoms with Crippen molar-refractivity contribution >= 4 is 15.7 Å². The van der Waals surface area contributed by atoms with Crippen LogP contribution in [0.15, 0.2) is 53.4 Å². The van der Waals surface area contributed by atoms with Crippen LogP contribution in [0.2, 0.25) is 0 Å². The molecule has 0 amide bonds. The molecule has 0 spiro atoms. The van der Waals surface area contributed by atoms with Gasteiger partial charge in [0, 0.05) is 31.9 Å². The van der Waals surface area contributed by atoms with E-state index >= 15 is 0 Å². The third kappa shape index (κ3) is 3.20. The van der Waals surface area contributed by atoms with Crippen LogP contribution in [0.4, 0.5) is 5.69 Å². The van der Waals surface area contributed by atoms with Crippen LogP contribution in [-0.2, 0) is 10.0 Å². The van der Waals surface area contributed by atoms with Crippen molar-refractivity contribution in [3.8, 4) is 11.8 Å². The molecule has 1 saturated heterocycles. The molecule has 0 aliphatic carbocycles. The molecular formula is C17H17N3O3S. The van der Waals surface area contributed by atoms with Gasteiger partial charge in [-0.1, -0.05) is 0 Å². The van der Waals surface area contributed by atoms with Gasteiger partial charge in [-0.15, -0.1) is 0 Å². The van der Waals surface area contributed by atoms with E-state index < -0.39 is 10.0 Å². The Morgan fingerprint density at radius 1 is 0.917 bits per heavy atom. The Balaban J connectivity index is 1.71. The number of rotatable bonds is 3. The molecule has 1 aliphatic heterocycles. The molecule has 0 unspecified atom stereocenters. The second-order valence-corrected chi connectivity index (χ2v) is 7.48. The Labute approximate surface area is 141 Å². The first-order valence-electron chi connectivity index (χ1n) is 7.55. The van der Waals surface area contributed by atoms with Crippen LogP contribution in [0, 0.1) is 11.3 Å². The Morgan fingerprint density at radius 3 is 2.04 bits per heavy atom. The second-order valence-electron chi connectivity index (χ2n) is 5.54. The highest BCUT2D eigenvalue weighted by Gasteiger charge is 2.28. The van der Waals surface area contributed by atoms with Crippen LogP contribution in [-0.4, -0.2) is 44.0 Å². The molecule has 2 aromatic rings. The van der Waals surface area contributed by atoms with Gasteiger partial charge >= 0.3 is 0 Å². The lowest BCUT2D eigenvalue weighted by Crippen LogP contribution is -2.48. The zero-order valence-corrected chi connectivity index (χ0v) is 13.8. The first-order chi connectivity index (χ1) is 11.5. The summed E-state index contributed by atoms with van der Waals surface area (Å²) in [5.41, 5.74) is 1.40. The van der Waals surface area contributed by atoms with Crippen molar-refractivity contribution in [3.63, 3.8) is 0 Å². The fourth-order valence-corrected chi connectivity index (χ4v) is 4.12. The van der Waals surface area contributed by atoms with Crippen molar-refractivity contribution in [1.29, 1.82) is 5.26 Å². The normalized spacial score (nSPS) is 15.9. The fraction of sp³-hybridized carbons (Fsp3) is 0.235. The van der Waals surface area contributed by atoms with Gasteiger partial charge in [-0.3, -0.25) is 0 Å². The summed E-state index contributed by atoms with van der Waals surface area (Å²) >= 11 is 0. The van der Waals surface area contributed by atoms with E-state index in [1.165, 1.54) is 28.6 Å². The van der Waals surface area contributed by atoms with Crippen molar-refractivity contribution in [2.45, 2.75) is 4.90 Å². The number of benzene rings is 2. The number of phenols is 1. The standard InChI is InChI=1S/C17H17N3O3S/c18-13-14-1-7-17(8-2-14)24(22,23)20-11-9-19(10-12-20)15-3-5-16(21)6-4-15/h1-8,21H,9-12H2. The highest BCUT2D eigenvalue weighted by molar-refractivity contribution is 7.89.